The lowest BCUT2D eigenvalue weighted by molar-refractivity contribution is 0.0696. The molecule has 0 aliphatic carbocycles. The van der Waals surface area contributed by atoms with Crippen LogP contribution in [0.25, 0.3) is 0 Å². The first kappa shape index (κ1) is 13.4. The van der Waals surface area contributed by atoms with Gasteiger partial charge in [0, 0.05) is 6.20 Å². The second-order valence-corrected chi connectivity index (χ2v) is 4.52. The molecule has 1 N–H and O–H groups in total. The Labute approximate surface area is 120 Å². The Morgan fingerprint density at radius 3 is 2.81 bits per heavy atom. The van der Waals surface area contributed by atoms with E-state index in [-0.39, 0.29) is 12.4 Å². The van der Waals surface area contributed by atoms with Gasteiger partial charge in [-0.2, -0.15) is 0 Å². The number of rotatable bonds is 5. The number of hydrogen-bond acceptors (Lipinski definition) is 5. The average molecular weight is 287 g/mol. The lowest BCUT2D eigenvalue weighted by Crippen LogP contribution is -2.00. The third-order valence-electron chi connectivity index (χ3n) is 3.03. The van der Waals surface area contributed by atoms with E-state index < -0.39 is 5.97 Å². The summed E-state index contributed by atoms with van der Waals surface area (Å²) in [5, 5.41) is 8.78. The molecule has 1 aromatic heterocycles. The van der Waals surface area contributed by atoms with Crippen molar-refractivity contribution in [1.82, 2.24) is 4.98 Å². The van der Waals surface area contributed by atoms with Gasteiger partial charge in [0.05, 0.1) is 24.5 Å². The van der Waals surface area contributed by atoms with E-state index in [1.54, 1.807) is 6.07 Å². The molecule has 6 heteroatoms. The van der Waals surface area contributed by atoms with Gasteiger partial charge in [-0.1, -0.05) is 6.07 Å². The zero-order chi connectivity index (χ0) is 14.7. The second-order valence-electron chi connectivity index (χ2n) is 4.52. The Hall–Kier alpha value is -2.60. The van der Waals surface area contributed by atoms with E-state index in [9.17, 15) is 4.79 Å². The van der Waals surface area contributed by atoms with Crippen LogP contribution in [0.1, 0.15) is 21.6 Å². The largest absolute Gasteiger partial charge is 0.478 e. The quantitative estimate of drug-likeness (QED) is 0.908. The number of aromatic carboxylic acids is 1. The predicted molar refractivity (Wildman–Crippen MR) is 72.3 cm³/mol. The van der Waals surface area contributed by atoms with Crippen LogP contribution in [0.5, 0.6) is 11.5 Å². The number of benzene rings is 1. The topological polar surface area (TPSA) is 77.9 Å². The molecule has 0 saturated carbocycles. The third kappa shape index (κ3) is 3.11. The van der Waals surface area contributed by atoms with Crippen molar-refractivity contribution in [2.75, 3.05) is 6.79 Å². The summed E-state index contributed by atoms with van der Waals surface area (Å²) >= 11 is 0. The van der Waals surface area contributed by atoms with Crippen molar-refractivity contribution >= 4 is 5.97 Å². The Kier molecular flexibility index (Phi) is 3.70. The Balaban J connectivity index is 1.55. The number of hydrogen-bond donors (Lipinski definition) is 1. The highest BCUT2D eigenvalue weighted by atomic mass is 16.7. The fourth-order valence-electron chi connectivity index (χ4n) is 1.94. The molecule has 0 bridgehead atoms. The summed E-state index contributed by atoms with van der Waals surface area (Å²) in [6.45, 7) is 0.979. The Morgan fingerprint density at radius 2 is 2.05 bits per heavy atom. The molecule has 21 heavy (non-hydrogen) atoms. The molecule has 3 rings (SSSR count). The molecule has 108 valence electrons. The first-order chi connectivity index (χ1) is 10.2. The molecule has 0 saturated heterocycles. The van der Waals surface area contributed by atoms with Crippen molar-refractivity contribution in [2.45, 2.75) is 13.2 Å². The smallest absolute Gasteiger partial charge is 0.337 e. The van der Waals surface area contributed by atoms with Gasteiger partial charge in [0.15, 0.2) is 11.5 Å². The highest BCUT2D eigenvalue weighted by Crippen LogP contribution is 2.32. The predicted octanol–water partition coefficient (Wildman–Crippen LogP) is 2.23. The number of fused-ring (bicyclic) bond motifs is 1. The minimum absolute atomic E-state index is 0.162. The molecule has 0 unspecified atom stereocenters. The van der Waals surface area contributed by atoms with E-state index in [0.29, 0.717) is 18.9 Å². The molecular formula is C15H13NO5. The van der Waals surface area contributed by atoms with Gasteiger partial charge in [0.25, 0.3) is 0 Å². The van der Waals surface area contributed by atoms with Crippen LogP contribution in [0.4, 0.5) is 0 Å². The number of carbonyl (C=O) groups is 1. The number of nitrogens with zero attached hydrogens (tertiary/aromatic N) is 1. The standard InChI is InChI=1S/C15H13NO5/c17-15(18)11-2-3-12(16-6-11)8-19-7-10-1-4-13-14(5-10)21-9-20-13/h1-6H,7-9H2,(H,17,18). The maximum atomic E-state index is 10.7. The number of pyridine rings is 1. The monoisotopic (exact) mass is 287 g/mol. The van der Waals surface area contributed by atoms with Gasteiger partial charge in [0.1, 0.15) is 0 Å². The molecule has 0 atom stereocenters. The van der Waals surface area contributed by atoms with Crippen LogP contribution in [0.15, 0.2) is 36.5 Å². The van der Waals surface area contributed by atoms with Crippen molar-refractivity contribution in [3.8, 4) is 11.5 Å². The van der Waals surface area contributed by atoms with E-state index >= 15 is 0 Å². The SMILES string of the molecule is O=C(O)c1ccc(COCc2ccc3c(c2)OCO3)nc1. The first-order valence-corrected chi connectivity index (χ1v) is 6.37. The van der Waals surface area contributed by atoms with Crippen molar-refractivity contribution in [3.63, 3.8) is 0 Å². The zero-order valence-electron chi connectivity index (χ0n) is 11.1. The van der Waals surface area contributed by atoms with Gasteiger partial charge in [-0.15, -0.1) is 0 Å². The van der Waals surface area contributed by atoms with Gasteiger partial charge in [-0.05, 0) is 29.8 Å². The second kappa shape index (κ2) is 5.80. The maximum absolute atomic E-state index is 10.7. The van der Waals surface area contributed by atoms with Gasteiger partial charge >= 0.3 is 5.97 Å². The van der Waals surface area contributed by atoms with Gasteiger partial charge in [-0.25, -0.2) is 4.79 Å². The third-order valence-corrected chi connectivity index (χ3v) is 3.03. The summed E-state index contributed by atoms with van der Waals surface area (Å²) in [5.74, 6) is 0.472. The van der Waals surface area contributed by atoms with Crippen LogP contribution in [-0.4, -0.2) is 22.9 Å². The van der Waals surface area contributed by atoms with Crippen LogP contribution >= 0.6 is 0 Å². The fraction of sp³-hybridized carbons (Fsp3) is 0.200. The molecule has 6 nitrogen and oxygen atoms in total. The zero-order valence-corrected chi connectivity index (χ0v) is 11.1. The highest BCUT2D eigenvalue weighted by molar-refractivity contribution is 5.87. The van der Waals surface area contributed by atoms with E-state index in [1.165, 1.54) is 12.3 Å². The fourth-order valence-corrected chi connectivity index (χ4v) is 1.94. The average Bonchev–Trinajstić information content (AvgIpc) is 2.95. The molecule has 0 amide bonds. The van der Waals surface area contributed by atoms with Crippen molar-refractivity contribution in [3.05, 3.63) is 53.3 Å². The molecule has 0 radical (unpaired) electrons. The lowest BCUT2D eigenvalue weighted by atomic mass is 10.2. The minimum Gasteiger partial charge on any atom is -0.478 e. The molecular weight excluding hydrogens is 274 g/mol. The highest BCUT2D eigenvalue weighted by Gasteiger charge is 2.13. The molecule has 1 aromatic carbocycles. The van der Waals surface area contributed by atoms with Gasteiger partial charge in [0.2, 0.25) is 6.79 Å². The van der Waals surface area contributed by atoms with Crippen LogP contribution in [0, 0.1) is 0 Å². The maximum Gasteiger partial charge on any atom is 0.337 e. The Bertz CT molecular complexity index is 654. The first-order valence-electron chi connectivity index (χ1n) is 6.37. The van der Waals surface area contributed by atoms with Crippen LogP contribution < -0.4 is 9.47 Å². The Morgan fingerprint density at radius 1 is 1.19 bits per heavy atom. The normalized spacial score (nSPS) is 12.4. The summed E-state index contributed by atoms with van der Waals surface area (Å²) in [5.41, 5.74) is 1.82. The molecule has 2 aromatic rings. The molecule has 2 heterocycles. The van der Waals surface area contributed by atoms with E-state index in [0.717, 1.165) is 17.1 Å². The number of ether oxygens (including phenoxy) is 3. The number of carboxylic acids is 1. The van der Waals surface area contributed by atoms with Crippen molar-refractivity contribution < 1.29 is 24.1 Å². The van der Waals surface area contributed by atoms with Crippen molar-refractivity contribution in [2.24, 2.45) is 0 Å². The van der Waals surface area contributed by atoms with Crippen molar-refractivity contribution in [1.29, 1.82) is 0 Å². The molecule has 0 fully saturated rings. The minimum atomic E-state index is -0.990. The van der Waals surface area contributed by atoms with E-state index in [1.807, 2.05) is 18.2 Å². The molecule has 1 aliphatic rings. The summed E-state index contributed by atoms with van der Waals surface area (Å²) in [7, 11) is 0. The summed E-state index contributed by atoms with van der Waals surface area (Å²) < 4.78 is 16.1. The van der Waals surface area contributed by atoms with E-state index in [4.69, 9.17) is 19.3 Å². The summed E-state index contributed by atoms with van der Waals surface area (Å²) in [6, 6.07) is 8.79. The number of carboxylic acid groups (broad SMARTS) is 1. The summed E-state index contributed by atoms with van der Waals surface area (Å²) in [4.78, 5) is 14.7. The molecule has 0 spiro atoms. The summed E-state index contributed by atoms with van der Waals surface area (Å²) in [6.07, 6.45) is 1.32. The van der Waals surface area contributed by atoms with Gasteiger partial charge < -0.3 is 19.3 Å². The molecule has 1 aliphatic heterocycles. The lowest BCUT2D eigenvalue weighted by Gasteiger charge is -2.05. The number of aromatic nitrogens is 1. The van der Waals surface area contributed by atoms with Crippen LogP contribution in [0.3, 0.4) is 0 Å². The van der Waals surface area contributed by atoms with Crippen LogP contribution in [-0.2, 0) is 18.0 Å². The van der Waals surface area contributed by atoms with Crippen LogP contribution in [0.2, 0.25) is 0 Å². The van der Waals surface area contributed by atoms with Gasteiger partial charge in [-0.3, -0.25) is 4.98 Å². The van der Waals surface area contributed by atoms with E-state index in [2.05, 4.69) is 4.98 Å².